The molecule has 0 bridgehead atoms. The third-order valence-corrected chi connectivity index (χ3v) is 4.28. The second-order valence-corrected chi connectivity index (χ2v) is 5.40. The summed E-state index contributed by atoms with van der Waals surface area (Å²) < 4.78 is 40.7. The van der Waals surface area contributed by atoms with E-state index in [0.29, 0.717) is 5.39 Å². The van der Waals surface area contributed by atoms with Crippen LogP contribution in [-0.4, -0.2) is 24.4 Å². The number of thiophene rings is 1. The Hall–Kier alpha value is -1.11. The van der Waals surface area contributed by atoms with Gasteiger partial charge >= 0.3 is 6.18 Å². The van der Waals surface area contributed by atoms with Gasteiger partial charge in [-0.3, -0.25) is 0 Å². The average molecular weight is 289 g/mol. The van der Waals surface area contributed by atoms with E-state index in [1.807, 2.05) is 5.38 Å². The van der Waals surface area contributed by atoms with Crippen LogP contribution in [0.15, 0.2) is 29.6 Å². The van der Waals surface area contributed by atoms with E-state index in [9.17, 15) is 18.3 Å². The molecule has 0 saturated carbocycles. The molecular weight excluding hydrogens is 275 g/mol. The van der Waals surface area contributed by atoms with Crippen molar-refractivity contribution in [2.75, 3.05) is 7.05 Å². The summed E-state index contributed by atoms with van der Waals surface area (Å²) in [6.45, 7) is 1.31. The van der Waals surface area contributed by atoms with Crippen molar-refractivity contribution in [1.29, 1.82) is 0 Å². The van der Waals surface area contributed by atoms with Crippen LogP contribution < -0.4 is 5.32 Å². The first-order chi connectivity index (χ1) is 8.80. The molecule has 2 rings (SSSR count). The minimum absolute atomic E-state index is 0.146. The second-order valence-electron chi connectivity index (χ2n) is 4.45. The van der Waals surface area contributed by atoms with Gasteiger partial charge in [-0.05, 0) is 48.5 Å². The van der Waals surface area contributed by atoms with Gasteiger partial charge in [0.1, 0.15) is 0 Å². The highest BCUT2D eigenvalue weighted by Gasteiger charge is 2.58. The molecule has 19 heavy (non-hydrogen) atoms. The molecule has 2 atom stereocenters. The van der Waals surface area contributed by atoms with E-state index in [1.54, 1.807) is 12.1 Å². The Bertz CT molecular complexity index is 581. The van der Waals surface area contributed by atoms with Gasteiger partial charge in [-0.2, -0.15) is 13.2 Å². The van der Waals surface area contributed by atoms with E-state index in [4.69, 9.17) is 0 Å². The molecule has 0 aliphatic carbocycles. The number of fused-ring (bicyclic) bond motifs is 1. The van der Waals surface area contributed by atoms with Crippen molar-refractivity contribution in [2.45, 2.75) is 24.7 Å². The van der Waals surface area contributed by atoms with Gasteiger partial charge in [0.05, 0.1) is 0 Å². The highest BCUT2D eigenvalue weighted by molar-refractivity contribution is 7.17. The molecule has 0 aliphatic heterocycles. The summed E-state index contributed by atoms with van der Waals surface area (Å²) in [4.78, 5) is 0. The molecule has 0 radical (unpaired) electrons. The summed E-state index contributed by atoms with van der Waals surface area (Å²) in [5.74, 6) is 0. The predicted molar refractivity (Wildman–Crippen MR) is 70.3 cm³/mol. The molecule has 0 aliphatic rings. The van der Waals surface area contributed by atoms with Crippen molar-refractivity contribution in [2.24, 2.45) is 0 Å². The molecular formula is C13H14F3NOS. The van der Waals surface area contributed by atoms with Crippen LogP contribution in [0.2, 0.25) is 0 Å². The SMILES string of the molecule is CNC(C)C(O)(c1ccc2sccc2c1)C(F)(F)F. The third kappa shape index (κ3) is 2.24. The lowest BCUT2D eigenvalue weighted by molar-refractivity contribution is -0.275. The summed E-state index contributed by atoms with van der Waals surface area (Å²) in [6.07, 6.45) is -4.75. The van der Waals surface area contributed by atoms with E-state index in [2.05, 4.69) is 5.32 Å². The molecule has 104 valence electrons. The Kier molecular flexibility index (Phi) is 3.59. The number of nitrogens with one attached hydrogen (secondary N) is 1. The number of halogens is 3. The van der Waals surface area contributed by atoms with Gasteiger partial charge in [-0.25, -0.2) is 0 Å². The van der Waals surface area contributed by atoms with Crippen LogP contribution in [-0.2, 0) is 5.60 Å². The number of aliphatic hydroxyl groups is 1. The van der Waals surface area contributed by atoms with Gasteiger partial charge in [-0.15, -0.1) is 11.3 Å². The molecule has 6 heteroatoms. The minimum Gasteiger partial charge on any atom is -0.375 e. The fraction of sp³-hybridized carbons (Fsp3) is 0.385. The van der Waals surface area contributed by atoms with Gasteiger partial charge < -0.3 is 10.4 Å². The van der Waals surface area contributed by atoms with E-state index >= 15 is 0 Å². The molecule has 0 spiro atoms. The second kappa shape index (κ2) is 4.77. The van der Waals surface area contributed by atoms with Crippen LogP contribution in [0.3, 0.4) is 0 Å². The van der Waals surface area contributed by atoms with Crippen molar-refractivity contribution in [3.8, 4) is 0 Å². The third-order valence-electron chi connectivity index (χ3n) is 3.38. The molecule has 0 saturated heterocycles. The highest BCUT2D eigenvalue weighted by Crippen LogP contribution is 2.42. The van der Waals surface area contributed by atoms with Crippen molar-refractivity contribution >= 4 is 21.4 Å². The van der Waals surface area contributed by atoms with E-state index in [0.717, 1.165) is 4.70 Å². The normalized spacial score (nSPS) is 17.4. The van der Waals surface area contributed by atoms with Gasteiger partial charge in [0.25, 0.3) is 0 Å². The van der Waals surface area contributed by atoms with E-state index in [-0.39, 0.29) is 5.56 Å². The van der Waals surface area contributed by atoms with Crippen LogP contribution in [0.5, 0.6) is 0 Å². The highest BCUT2D eigenvalue weighted by atomic mass is 32.1. The van der Waals surface area contributed by atoms with Crippen LogP contribution in [0.4, 0.5) is 13.2 Å². The first-order valence-corrected chi connectivity index (χ1v) is 6.62. The maximum absolute atomic E-state index is 13.3. The Morgan fingerprint density at radius 2 is 1.95 bits per heavy atom. The number of rotatable bonds is 3. The van der Waals surface area contributed by atoms with Crippen LogP contribution in [0, 0.1) is 0 Å². The van der Waals surface area contributed by atoms with Crippen LogP contribution >= 0.6 is 11.3 Å². The molecule has 1 heterocycles. The van der Waals surface area contributed by atoms with E-state index in [1.165, 1.54) is 37.4 Å². The fourth-order valence-corrected chi connectivity index (χ4v) is 2.84. The van der Waals surface area contributed by atoms with Gasteiger partial charge in [0, 0.05) is 10.7 Å². The standard InChI is InChI=1S/C13H14F3NOS/c1-8(17-2)12(18,13(14,15)16)10-3-4-11-9(7-10)5-6-19-11/h3-8,17-18H,1-2H3. The topological polar surface area (TPSA) is 32.3 Å². The van der Waals surface area contributed by atoms with Gasteiger partial charge in [-0.1, -0.05) is 6.07 Å². The maximum atomic E-state index is 13.3. The average Bonchev–Trinajstić information content (AvgIpc) is 2.82. The first-order valence-electron chi connectivity index (χ1n) is 5.75. The zero-order chi connectivity index (χ0) is 14.3. The zero-order valence-electron chi connectivity index (χ0n) is 10.5. The zero-order valence-corrected chi connectivity index (χ0v) is 11.3. The number of hydrogen-bond donors (Lipinski definition) is 2. The molecule has 2 unspecified atom stereocenters. The monoisotopic (exact) mass is 289 g/mol. The number of benzene rings is 1. The summed E-state index contributed by atoms with van der Waals surface area (Å²) >= 11 is 1.45. The molecule has 2 nitrogen and oxygen atoms in total. The van der Waals surface area contributed by atoms with Crippen molar-refractivity contribution < 1.29 is 18.3 Å². The van der Waals surface area contributed by atoms with Crippen molar-refractivity contribution in [1.82, 2.24) is 5.32 Å². The Morgan fingerprint density at radius 1 is 1.26 bits per heavy atom. The summed E-state index contributed by atoms with van der Waals surface area (Å²) in [7, 11) is 1.39. The molecule has 1 aromatic heterocycles. The van der Waals surface area contributed by atoms with Crippen molar-refractivity contribution in [3.05, 3.63) is 35.2 Å². The largest absolute Gasteiger partial charge is 0.422 e. The Balaban J connectivity index is 2.60. The fourth-order valence-electron chi connectivity index (χ4n) is 2.07. The van der Waals surface area contributed by atoms with Crippen LogP contribution in [0.1, 0.15) is 12.5 Å². The Morgan fingerprint density at radius 3 is 2.53 bits per heavy atom. The molecule has 2 N–H and O–H groups in total. The molecule has 2 aromatic rings. The first kappa shape index (κ1) is 14.3. The molecule has 0 fully saturated rings. The minimum atomic E-state index is -4.75. The summed E-state index contributed by atoms with van der Waals surface area (Å²) in [6, 6.07) is 4.93. The van der Waals surface area contributed by atoms with Gasteiger partial charge in [0.15, 0.2) is 0 Å². The quantitative estimate of drug-likeness (QED) is 0.909. The van der Waals surface area contributed by atoms with Gasteiger partial charge in [0.2, 0.25) is 5.60 Å². The van der Waals surface area contributed by atoms with E-state index < -0.39 is 17.8 Å². The number of likely N-dealkylation sites (N-methyl/N-ethyl adjacent to an activating group) is 1. The smallest absolute Gasteiger partial charge is 0.375 e. The lowest BCUT2D eigenvalue weighted by Crippen LogP contribution is -2.55. The summed E-state index contributed by atoms with van der Waals surface area (Å²) in [5, 5.41) is 15.2. The number of alkyl halides is 3. The Labute approximate surface area is 112 Å². The summed E-state index contributed by atoms with van der Waals surface area (Å²) in [5.41, 5.74) is -3.05. The number of hydrogen-bond acceptors (Lipinski definition) is 3. The lowest BCUT2D eigenvalue weighted by atomic mass is 9.86. The van der Waals surface area contributed by atoms with Crippen molar-refractivity contribution in [3.63, 3.8) is 0 Å². The van der Waals surface area contributed by atoms with Crippen LogP contribution in [0.25, 0.3) is 10.1 Å². The maximum Gasteiger partial charge on any atom is 0.422 e. The molecule has 1 aromatic carbocycles. The molecule has 0 amide bonds. The lowest BCUT2D eigenvalue weighted by Gasteiger charge is -2.36. The predicted octanol–water partition coefficient (Wildman–Crippen LogP) is 3.26.